The van der Waals surface area contributed by atoms with Crippen molar-refractivity contribution in [1.29, 1.82) is 0 Å². The van der Waals surface area contributed by atoms with E-state index in [4.69, 9.17) is 4.74 Å². The molecule has 30 heavy (non-hydrogen) atoms. The number of benzene rings is 2. The second-order valence-electron chi connectivity index (χ2n) is 7.99. The highest BCUT2D eigenvalue weighted by atomic mass is 16.5. The van der Waals surface area contributed by atoms with Crippen molar-refractivity contribution in [3.05, 3.63) is 48.0 Å². The molecule has 2 aliphatic rings. The third-order valence-corrected chi connectivity index (χ3v) is 5.86. The van der Waals surface area contributed by atoms with Gasteiger partial charge in [-0.05, 0) is 62.6 Å². The van der Waals surface area contributed by atoms with Crippen LogP contribution in [0.4, 0.5) is 17.1 Å². The number of aryl methyl sites for hydroxylation is 1. The van der Waals surface area contributed by atoms with Gasteiger partial charge in [-0.3, -0.25) is 9.59 Å². The summed E-state index contributed by atoms with van der Waals surface area (Å²) in [7, 11) is 0. The van der Waals surface area contributed by atoms with Crippen LogP contribution in [-0.4, -0.2) is 38.1 Å². The molecule has 2 fully saturated rings. The number of ether oxygens (including phenoxy) is 1. The van der Waals surface area contributed by atoms with Gasteiger partial charge in [0.05, 0.1) is 18.2 Å². The molecule has 0 aliphatic carbocycles. The van der Waals surface area contributed by atoms with E-state index in [9.17, 15) is 9.59 Å². The molecule has 0 aromatic heterocycles. The third-order valence-electron chi connectivity index (χ3n) is 5.86. The van der Waals surface area contributed by atoms with E-state index in [1.807, 2.05) is 43.3 Å². The van der Waals surface area contributed by atoms with Crippen molar-refractivity contribution < 1.29 is 14.3 Å². The second-order valence-corrected chi connectivity index (χ2v) is 7.99. The molecular formula is C24H29N3O3. The van der Waals surface area contributed by atoms with E-state index in [2.05, 4.69) is 23.2 Å². The molecule has 6 nitrogen and oxygen atoms in total. The smallest absolute Gasteiger partial charge is 0.229 e. The molecule has 1 unspecified atom stereocenters. The minimum atomic E-state index is -0.384. The van der Waals surface area contributed by atoms with E-state index in [1.165, 1.54) is 18.5 Å². The predicted octanol–water partition coefficient (Wildman–Crippen LogP) is 3.99. The fourth-order valence-electron chi connectivity index (χ4n) is 4.36. The standard InChI is InChI=1S/C24H29N3O3/c1-3-30-22-9-5-4-8-21(22)27-16-18(15-23(27)28)24(29)25-19-10-11-20(17(2)14-19)26-12-6-7-13-26/h4-5,8-11,14,18H,3,6-7,12-13,15-16H2,1-2H3,(H,25,29). The van der Waals surface area contributed by atoms with Crippen LogP contribution in [0.3, 0.4) is 0 Å². The van der Waals surface area contributed by atoms with Crippen LogP contribution in [0.15, 0.2) is 42.5 Å². The van der Waals surface area contributed by atoms with Gasteiger partial charge in [-0.1, -0.05) is 12.1 Å². The SMILES string of the molecule is CCOc1ccccc1N1CC(C(=O)Nc2ccc(N3CCCC3)c(C)c2)CC1=O. The van der Waals surface area contributed by atoms with Crippen LogP contribution >= 0.6 is 0 Å². The van der Waals surface area contributed by atoms with Crippen molar-refractivity contribution in [2.75, 3.05) is 41.4 Å². The summed E-state index contributed by atoms with van der Waals surface area (Å²) in [4.78, 5) is 29.6. The first kappa shape index (κ1) is 20.3. The number of carbonyl (C=O) groups excluding carboxylic acids is 2. The highest BCUT2D eigenvalue weighted by Crippen LogP contribution is 2.33. The summed E-state index contributed by atoms with van der Waals surface area (Å²) in [5, 5.41) is 3.01. The Labute approximate surface area is 177 Å². The highest BCUT2D eigenvalue weighted by Gasteiger charge is 2.36. The average Bonchev–Trinajstić information content (AvgIpc) is 3.39. The van der Waals surface area contributed by atoms with Crippen molar-refractivity contribution >= 4 is 28.9 Å². The van der Waals surface area contributed by atoms with Crippen molar-refractivity contribution in [2.45, 2.75) is 33.1 Å². The van der Waals surface area contributed by atoms with Gasteiger partial charge in [-0.25, -0.2) is 0 Å². The topological polar surface area (TPSA) is 61.9 Å². The summed E-state index contributed by atoms with van der Waals surface area (Å²) in [5.41, 5.74) is 3.90. The number of nitrogens with one attached hydrogen (secondary N) is 1. The molecule has 158 valence electrons. The summed E-state index contributed by atoms with van der Waals surface area (Å²) >= 11 is 0. The summed E-state index contributed by atoms with van der Waals surface area (Å²) in [5.74, 6) is 0.115. The molecule has 4 rings (SSSR count). The van der Waals surface area contributed by atoms with Crippen LogP contribution in [0.1, 0.15) is 31.7 Å². The average molecular weight is 408 g/mol. The molecule has 2 aromatic carbocycles. The molecule has 6 heteroatoms. The first-order valence-electron chi connectivity index (χ1n) is 10.8. The van der Waals surface area contributed by atoms with Crippen molar-refractivity contribution in [3.8, 4) is 5.75 Å². The minimum absolute atomic E-state index is 0.0529. The lowest BCUT2D eigenvalue weighted by Crippen LogP contribution is -2.28. The molecule has 2 aromatic rings. The Hall–Kier alpha value is -3.02. The van der Waals surface area contributed by atoms with Gasteiger partial charge in [-0.15, -0.1) is 0 Å². The van der Waals surface area contributed by atoms with Crippen LogP contribution in [-0.2, 0) is 9.59 Å². The van der Waals surface area contributed by atoms with Crippen molar-refractivity contribution in [2.24, 2.45) is 5.92 Å². The zero-order valence-corrected chi connectivity index (χ0v) is 17.7. The number of carbonyl (C=O) groups is 2. The quantitative estimate of drug-likeness (QED) is 0.787. The van der Waals surface area contributed by atoms with E-state index in [-0.39, 0.29) is 24.2 Å². The summed E-state index contributed by atoms with van der Waals surface area (Å²) in [6.07, 6.45) is 2.67. The van der Waals surface area contributed by atoms with Crippen LogP contribution in [0.25, 0.3) is 0 Å². The number of anilines is 3. The molecular weight excluding hydrogens is 378 g/mol. The molecule has 0 radical (unpaired) electrons. The van der Waals surface area contributed by atoms with Crippen LogP contribution in [0.2, 0.25) is 0 Å². The largest absolute Gasteiger partial charge is 0.492 e. The Morgan fingerprint density at radius 3 is 2.63 bits per heavy atom. The van der Waals surface area contributed by atoms with Crippen LogP contribution in [0.5, 0.6) is 5.75 Å². The summed E-state index contributed by atoms with van der Waals surface area (Å²) < 4.78 is 5.66. The number of rotatable bonds is 6. The zero-order chi connectivity index (χ0) is 21.1. The molecule has 1 N–H and O–H groups in total. The number of hydrogen-bond acceptors (Lipinski definition) is 4. The number of amides is 2. The van der Waals surface area contributed by atoms with Gasteiger partial charge < -0.3 is 19.9 Å². The fraction of sp³-hybridized carbons (Fsp3) is 0.417. The maximum atomic E-state index is 12.9. The van der Waals surface area contributed by atoms with E-state index in [0.717, 1.165) is 30.0 Å². The molecule has 2 saturated heterocycles. The first-order valence-corrected chi connectivity index (χ1v) is 10.8. The molecule has 2 heterocycles. The lowest BCUT2D eigenvalue weighted by atomic mass is 10.1. The number of nitrogens with zero attached hydrogens (tertiary/aromatic N) is 2. The van der Waals surface area contributed by atoms with E-state index < -0.39 is 0 Å². The maximum absolute atomic E-state index is 12.9. The van der Waals surface area contributed by atoms with Gasteiger partial charge in [-0.2, -0.15) is 0 Å². The third kappa shape index (κ3) is 4.13. The van der Waals surface area contributed by atoms with Gasteiger partial charge in [0.2, 0.25) is 11.8 Å². The van der Waals surface area contributed by atoms with Gasteiger partial charge in [0.25, 0.3) is 0 Å². The van der Waals surface area contributed by atoms with E-state index in [0.29, 0.717) is 18.9 Å². The molecule has 2 amide bonds. The number of hydrogen-bond donors (Lipinski definition) is 1. The van der Waals surface area contributed by atoms with Crippen LogP contribution < -0.4 is 19.9 Å². The monoisotopic (exact) mass is 407 g/mol. The Bertz CT molecular complexity index is 937. The lowest BCUT2D eigenvalue weighted by molar-refractivity contribution is -0.122. The molecule has 0 bridgehead atoms. The molecule has 2 aliphatic heterocycles. The van der Waals surface area contributed by atoms with Gasteiger partial charge in [0, 0.05) is 37.4 Å². The molecule has 1 atom stereocenters. The lowest BCUT2D eigenvalue weighted by Gasteiger charge is -2.21. The van der Waals surface area contributed by atoms with E-state index >= 15 is 0 Å². The van der Waals surface area contributed by atoms with Crippen molar-refractivity contribution in [1.82, 2.24) is 0 Å². The maximum Gasteiger partial charge on any atom is 0.229 e. The summed E-state index contributed by atoms with van der Waals surface area (Å²) in [6, 6.07) is 13.5. The highest BCUT2D eigenvalue weighted by molar-refractivity contribution is 6.04. The predicted molar refractivity (Wildman–Crippen MR) is 119 cm³/mol. The Balaban J connectivity index is 1.43. The van der Waals surface area contributed by atoms with Crippen LogP contribution in [0, 0.1) is 12.8 Å². The Kier molecular flexibility index (Phi) is 5.93. The second kappa shape index (κ2) is 8.78. The number of para-hydroxylation sites is 2. The zero-order valence-electron chi connectivity index (χ0n) is 17.7. The van der Waals surface area contributed by atoms with Gasteiger partial charge in [0.1, 0.15) is 5.75 Å². The molecule has 0 saturated carbocycles. The normalized spacial score (nSPS) is 18.7. The Morgan fingerprint density at radius 2 is 1.90 bits per heavy atom. The van der Waals surface area contributed by atoms with Crippen molar-refractivity contribution in [3.63, 3.8) is 0 Å². The summed E-state index contributed by atoms with van der Waals surface area (Å²) in [6.45, 7) is 7.06. The van der Waals surface area contributed by atoms with Gasteiger partial charge in [0.15, 0.2) is 0 Å². The van der Waals surface area contributed by atoms with E-state index in [1.54, 1.807) is 4.90 Å². The first-order chi connectivity index (χ1) is 14.6. The minimum Gasteiger partial charge on any atom is -0.492 e. The van der Waals surface area contributed by atoms with Gasteiger partial charge >= 0.3 is 0 Å². The fourth-order valence-corrected chi connectivity index (χ4v) is 4.36. The molecule has 0 spiro atoms. The Morgan fingerprint density at radius 1 is 1.13 bits per heavy atom.